The molecule has 0 bridgehead atoms. The number of hydrogen-bond donors (Lipinski definition) is 2. The van der Waals surface area contributed by atoms with E-state index in [4.69, 9.17) is 14.2 Å². The van der Waals surface area contributed by atoms with Gasteiger partial charge in [-0.05, 0) is 19.1 Å². The SMILES string of the molecule is CCOC(=O)CCNC(=O)Nc1ccc2c(c1)OCO2. The summed E-state index contributed by atoms with van der Waals surface area (Å²) < 4.78 is 15.1. The van der Waals surface area contributed by atoms with Crippen molar-refractivity contribution < 1.29 is 23.8 Å². The molecule has 0 unspecified atom stereocenters. The highest BCUT2D eigenvalue weighted by molar-refractivity contribution is 5.89. The first kappa shape index (κ1) is 14.0. The number of fused-ring (bicyclic) bond motifs is 1. The molecule has 0 saturated carbocycles. The second kappa shape index (κ2) is 6.65. The Hall–Kier alpha value is -2.44. The Kier molecular flexibility index (Phi) is 4.65. The minimum Gasteiger partial charge on any atom is -0.466 e. The maximum atomic E-state index is 11.6. The van der Waals surface area contributed by atoms with Crippen LogP contribution in [0.5, 0.6) is 11.5 Å². The third kappa shape index (κ3) is 3.78. The molecule has 2 N–H and O–H groups in total. The lowest BCUT2D eigenvalue weighted by Gasteiger charge is -2.08. The first-order valence-corrected chi connectivity index (χ1v) is 6.29. The third-order valence-corrected chi connectivity index (χ3v) is 2.55. The molecule has 1 aliphatic rings. The Labute approximate surface area is 116 Å². The van der Waals surface area contributed by atoms with Crippen molar-refractivity contribution in [3.8, 4) is 11.5 Å². The van der Waals surface area contributed by atoms with E-state index >= 15 is 0 Å². The number of urea groups is 1. The summed E-state index contributed by atoms with van der Waals surface area (Å²) in [5, 5.41) is 5.20. The Morgan fingerprint density at radius 2 is 2.10 bits per heavy atom. The zero-order chi connectivity index (χ0) is 14.4. The second-order valence-corrected chi connectivity index (χ2v) is 4.00. The van der Waals surface area contributed by atoms with E-state index < -0.39 is 6.03 Å². The van der Waals surface area contributed by atoms with Crippen LogP contribution in [-0.2, 0) is 9.53 Å². The maximum absolute atomic E-state index is 11.6. The van der Waals surface area contributed by atoms with E-state index in [2.05, 4.69) is 10.6 Å². The standard InChI is InChI=1S/C13H16N2O5/c1-2-18-12(16)5-6-14-13(17)15-9-3-4-10-11(7-9)20-8-19-10/h3-4,7H,2,5-6,8H2,1H3,(H2,14,15,17). The molecule has 0 radical (unpaired) electrons. The maximum Gasteiger partial charge on any atom is 0.319 e. The van der Waals surface area contributed by atoms with E-state index in [0.717, 1.165) is 0 Å². The average molecular weight is 280 g/mol. The predicted molar refractivity (Wildman–Crippen MR) is 70.8 cm³/mol. The summed E-state index contributed by atoms with van der Waals surface area (Å²) in [6.45, 7) is 2.47. The summed E-state index contributed by atoms with van der Waals surface area (Å²) in [5.41, 5.74) is 0.586. The third-order valence-electron chi connectivity index (χ3n) is 2.55. The van der Waals surface area contributed by atoms with Gasteiger partial charge in [0.1, 0.15) is 0 Å². The summed E-state index contributed by atoms with van der Waals surface area (Å²) >= 11 is 0. The van der Waals surface area contributed by atoms with Gasteiger partial charge in [-0.15, -0.1) is 0 Å². The largest absolute Gasteiger partial charge is 0.466 e. The van der Waals surface area contributed by atoms with Gasteiger partial charge < -0.3 is 24.8 Å². The van der Waals surface area contributed by atoms with Crippen molar-refractivity contribution in [1.82, 2.24) is 5.32 Å². The normalized spacial score (nSPS) is 11.8. The quantitative estimate of drug-likeness (QED) is 0.798. The number of hydrogen-bond acceptors (Lipinski definition) is 5. The molecule has 0 aromatic heterocycles. The number of nitrogens with one attached hydrogen (secondary N) is 2. The minimum absolute atomic E-state index is 0.141. The number of rotatable bonds is 5. The van der Waals surface area contributed by atoms with Crippen LogP contribution in [0.2, 0.25) is 0 Å². The minimum atomic E-state index is -0.395. The fraction of sp³-hybridized carbons (Fsp3) is 0.385. The molecule has 2 rings (SSSR count). The van der Waals surface area contributed by atoms with E-state index in [1.807, 2.05) is 0 Å². The topological polar surface area (TPSA) is 85.9 Å². The van der Waals surface area contributed by atoms with E-state index in [1.54, 1.807) is 25.1 Å². The van der Waals surface area contributed by atoms with Crippen molar-refractivity contribution in [2.45, 2.75) is 13.3 Å². The number of esters is 1. The highest BCUT2D eigenvalue weighted by atomic mass is 16.7. The van der Waals surface area contributed by atoms with Crippen molar-refractivity contribution in [1.29, 1.82) is 0 Å². The van der Waals surface area contributed by atoms with Crippen LogP contribution in [0.1, 0.15) is 13.3 Å². The number of benzene rings is 1. The summed E-state index contributed by atoms with van der Waals surface area (Å²) in [5.74, 6) is 0.906. The van der Waals surface area contributed by atoms with Crippen molar-refractivity contribution in [2.24, 2.45) is 0 Å². The van der Waals surface area contributed by atoms with E-state index in [1.165, 1.54) is 0 Å². The van der Waals surface area contributed by atoms with Gasteiger partial charge in [0.2, 0.25) is 6.79 Å². The highest BCUT2D eigenvalue weighted by Crippen LogP contribution is 2.34. The number of ether oxygens (including phenoxy) is 3. The lowest BCUT2D eigenvalue weighted by atomic mass is 10.3. The van der Waals surface area contributed by atoms with Gasteiger partial charge >= 0.3 is 12.0 Å². The van der Waals surface area contributed by atoms with Gasteiger partial charge in [0, 0.05) is 18.3 Å². The van der Waals surface area contributed by atoms with Crippen LogP contribution in [0.3, 0.4) is 0 Å². The molecule has 0 fully saturated rings. The number of amides is 2. The molecule has 0 aliphatic carbocycles. The Balaban J connectivity index is 1.76. The Morgan fingerprint density at radius 3 is 2.90 bits per heavy atom. The lowest BCUT2D eigenvalue weighted by molar-refractivity contribution is -0.142. The molecule has 1 aromatic rings. The van der Waals surface area contributed by atoms with Crippen LogP contribution in [-0.4, -0.2) is 31.9 Å². The van der Waals surface area contributed by atoms with Gasteiger partial charge in [-0.25, -0.2) is 4.79 Å². The fourth-order valence-corrected chi connectivity index (χ4v) is 1.66. The van der Waals surface area contributed by atoms with Crippen LogP contribution in [0.15, 0.2) is 18.2 Å². The molecular weight excluding hydrogens is 264 g/mol. The van der Waals surface area contributed by atoms with Crippen LogP contribution in [0.4, 0.5) is 10.5 Å². The number of anilines is 1. The predicted octanol–water partition coefficient (Wildman–Crippen LogP) is 1.49. The van der Waals surface area contributed by atoms with Gasteiger partial charge in [0.05, 0.1) is 13.0 Å². The molecule has 0 spiro atoms. The molecule has 1 aliphatic heterocycles. The monoisotopic (exact) mass is 280 g/mol. The Bertz CT molecular complexity index is 504. The second-order valence-electron chi connectivity index (χ2n) is 4.00. The first-order valence-electron chi connectivity index (χ1n) is 6.29. The molecule has 2 amide bonds. The fourth-order valence-electron chi connectivity index (χ4n) is 1.66. The van der Waals surface area contributed by atoms with Crippen LogP contribution in [0.25, 0.3) is 0 Å². The van der Waals surface area contributed by atoms with Gasteiger partial charge in [-0.1, -0.05) is 0 Å². The van der Waals surface area contributed by atoms with Gasteiger partial charge in [-0.2, -0.15) is 0 Å². The van der Waals surface area contributed by atoms with Crippen molar-refractivity contribution in [3.63, 3.8) is 0 Å². The van der Waals surface area contributed by atoms with Crippen molar-refractivity contribution >= 4 is 17.7 Å². The zero-order valence-electron chi connectivity index (χ0n) is 11.1. The molecule has 7 heteroatoms. The molecule has 1 heterocycles. The molecule has 108 valence electrons. The first-order chi connectivity index (χ1) is 9.69. The van der Waals surface area contributed by atoms with E-state index in [0.29, 0.717) is 23.8 Å². The molecule has 0 saturated heterocycles. The molecule has 7 nitrogen and oxygen atoms in total. The lowest BCUT2D eigenvalue weighted by Crippen LogP contribution is -2.30. The summed E-state index contributed by atoms with van der Waals surface area (Å²) in [4.78, 5) is 22.7. The molecule has 0 atom stereocenters. The van der Waals surface area contributed by atoms with E-state index in [-0.39, 0.29) is 25.7 Å². The van der Waals surface area contributed by atoms with Gasteiger partial charge in [-0.3, -0.25) is 4.79 Å². The summed E-state index contributed by atoms with van der Waals surface area (Å²) in [7, 11) is 0. The summed E-state index contributed by atoms with van der Waals surface area (Å²) in [6, 6.07) is 4.70. The highest BCUT2D eigenvalue weighted by Gasteiger charge is 2.14. The van der Waals surface area contributed by atoms with Crippen molar-refractivity contribution in [2.75, 3.05) is 25.3 Å². The van der Waals surface area contributed by atoms with E-state index in [9.17, 15) is 9.59 Å². The van der Waals surface area contributed by atoms with Crippen molar-refractivity contribution in [3.05, 3.63) is 18.2 Å². The van der Waals surface area contributed by atoms with Gasteiger partial charge in [0.25, 0.3) is 0 Å². The smallest absolute Gasteiger partial charge is 0.319 e. The van der Waals surface area contributed by atoms with Crippen LogP contribution in [0, 0.1) is 0 Å². The van der Waals surface area contributed by atoms with Crippen LogP contribution >= 0.6 is 0 Å². The number of carbonyl (C=O) groups is 2. The number of carbonyl (C=O) groups excluding carboxylic acids is 2. The van der Waals surface area contributed by atoms with Crippen LogP contribution < -0.4 is 20.1 Å². The molecule has 1 aromatic carbocycles. The average Bonchev–Trinajstić information content (AvgIpc) is 2.86. The molecular formula is C13H16N2O5. The summed E-state index contributed by atoms with van der Waals surface area (Å²) in [6.07, 6.45) is 0.141. The van der Waals surface area contributed by atoms with Gasteiger partial charge in [0.15, 0.2) is 11.5 Å². The Morgan fingerprint density at radius 1 is 1.30 bits per heavy atom. The molecule has 20 heavy (non-hydrogen) atoms. The zero-order valence-corrected chi connectivity index (χ0v) is 11.1.